The average molecular weight is 410 g/mol. The Balaban J connectivity index is 0.00000240. The lowest BCUT2D eigenvalue weighted by atomic mass is 10.1. The molecule has 1 aromatic heterocycles. The molecule has 5 heteroatoms. The fourth-order valence-electron chi connectivity index (χ4n) is 3.81. The molecule has 3 aromatic rings. The van der Waals surface area contributed by atoms with Crippen LogP contribution in [-0.4, -0.2) is 30.1 Å². The summed E-state index contributed by atoms with van der Waals surface area (Å²) >= 11 is 0. The first-order chi connectivity index (χ1) is 13.8. The molecule has 0 bridgehead atoms. The van der Waals surface area contributed by atoms with Crippen molar-refractivity contribution < 1.29 is 4.74 Å². The lowest BCUT2D eigenvalue weighted by Gasteiger charge is -2.24. The summed E-state index contributed by atoms with van der Waals surface area (Å²) in [5.41, 5.74) is 6.58. The number of ether oxygens (including phenoxy) is 1. The van der Waals surface area contributed by atoms with Crippen LogP contribution in [0.25, 0.3) is 0 Å². The molecule has 0 fully saturated rings. The Morgan fingerprint density at radius 3 is 2.62 bits per heavy atom. The van der Waals surface area contributed by atoms with Crippen molar-refractivity contribution in [2.24, 2.45) is 0 Å². The number of nitrogens with one attached hydrogen (secondary N) is 1. The predicted octanol–water partition coefficient (Wildman–Crippen LogP) is 4.72. The van der Waals surface area contributed by atoms with Gasteiger partial charge in [0.2, 0.25) is 0 Å². The third kappa shape index (κ3) is 5.49. The van der Waals surface area contributed by atoms with Gasteiger partial charge in [0.25, 0.3) is 0 Å². The molecule has 29 heavy (non-hydrogen) atoms. The minimum absolute atomic E-state index is 0. The molecule has 0 aliphatic carbocycles. The second-order valence-electron chi connectivity index (χ2n) is 7.26. The van der Waals surface area contributed by atoms with Crippen LogP contribution >= 0.6 is 12.4 Å². The van der Waals surface area contributed by atoms with Crippen LogP contribution in [0.4, 0.5) is 5.69 Å². The Bertz CT molecular complexity index is 900. The molecule has 152 valence electrons. The van der Waals surface area contributed by atoms with Crippen LogP contribution in [0.3, 0.4) is 0 Å². The van der Waals surface area contributed by atoms with Crippen LogP contribution in [0.5, 0.6) is 5.75 Å². The number of methoxy groups -OCH3 is 1. The summed E-state index contributed by atoms with van der Waals surface area (Å²) in [6, 6.07) is 21.2. The van der Waals surface area contributed by atoms with E-state index >= 15 is 0 Å². The number of benzene rings is 2. The molecule has 4 rings (SSSR count). The van der Waals surface area contributed by atoms with E-state index in [4.69, 9.17) is 4.74 Å². The summed E-state index contributed by atoms with van der Waals surface area (Å²) in [7, 11) is 1.71. The molecule has 2 heterocycles. The van der Waals surface area contributed by atoms with Gasteiger partial charge in [0, 0.05) is 50.2 Å². The standard InChI is InChI=1S/C24H27N3O.ClH/c1-28-23-10-8-19(9-11-23)17-27(16-13-22-7-2-3-14-25-22)18-21-6-4-5-20-12-15-26-24(20)21;/h2-11,14,26H,12-13,15-18H2,1H3;1H. The minimum atomic E-state index is 0. The minimum Gasteiger partial charge on any atom is -0.497 e. The number of hydrogen-bond donors (Lipinski definition) is 1. The van der Waals surface area contributed by atoms with Crippen LogP contribution in [0, 0.1) is 0 Å². The van der Waals surface area contributed by atoms with Gasteiger partial charge < -0.3 is 10.1 Å². The highest BCUT2D eigenvalue weighted by atomic mass is 35.5. The highest BCUT2D eigenvalue weighted by molar-refractivity contribution is 5.85. The van der Waals surface area contributed by atoms with E-state index in [0.29, 0.717) is 0 Å². The summed E-state index contributed by atoms with van der Waals surface area (Å²) in [6.45, 7) is 3.83. The van der Waals surface area contributed by atoms with Gasteiger partial charge in [-0.3, -0.25) is 9.88 Å². The van der Waals surface area contributed by atoms with E-state index in [9.17, 15) is 0 Å². The van der Waals surface area contributed by atoms with Gasteiger partial charge in [-0.2, -0.15) is 0 Å². The Kier molecular flexibility index (Phi) is 7.50. The quantitative estimate of drug-likeness (QED) is 0.583. The molecule has 0 saturated heterocycles. The van der Waals surface area contributed by atoms with Crippen LogP contribution in [-0.2, 0) is 25.9 Å². The highest BCUT2D eigenvalue weighted by Gasteiger charge is 2.16. The summed E-state index contributed by atoms with van der Waals surface area (Å²) in [5, 5.41) is 3.57. The van der Waals surface area contributed by atoms with Crippen molar-refractivity contribution in [3.8, 4) is 5.75 Å². The number of pyridine rings is 1. The Morgan fingerprint density at radius 1 is 1.00 bits per heavy atom. The molecule has 1 aliphatic heterocycles. The van der Waals surface area contributed by atoms with Gasteiger partial charge in [0.1, 0.15) is 5.75 Å². The Morgan fingerprint density at radius 2 is 1.86 bits per heavy atom. The molecule has 1 aliphatic rings. The van der Waals surface area contributed by atoms with Crippen LogP contribution in [0.15, 0.2) is 66.9 Å². The molecule has 0 amide bonds. The third-order valence-corrected chi connectivity index (χ3v) is 5.30. The smallest absolute Gasteiger partial charge is 0.118 e. The number of anilines is 1. The zero-order valence-electron chi connectivity index (χ0n) is 16.8. The number of nitrogens with zero attached hydrogens (tertiary/aromatic N) is 2. The summed E-state index contributed by atoms with van der Waals surface area (Å²) in [6.07, 6.45) is 3.94. The zero-order chi connectivity index (χ0) is 19.2. The maximum absolute atomic E-state index is 5.30. The second kappa shape index (κ2) is 10.3. The molecule has 1 N–H and O–H groups in total. The van der Waals surface area contributed by atoms with Gasteiger partial charge in [0.05, 0.1) is 7.11 Å². The van der Waals surface area contributed by atoms with Crippen LogP contribution in [0.1, 0.15) is 22.4 Å². The van der Waals surface area contributed by atoms with Crippen molar-refractivity contribution in [1.29, 1.82) is 0 Å². The van der Waals surface area contributed by atoms with E-state index < -0.39 is 0 Å². The van der Waals surface area contributed by atoms with Crippen molar-refractivity contribution >= 4 is 18.1 Å². The molecule has 0 atom stereocenters. The molecule has 0 unspecified atom stereocenters. The molecule has 4 nitrogen and oxygen atoms in total. The molecule has 0 spiro atoms. The van der Waals surface area contributed by atoms with E-state index in [-0.39, 0.29) is 12.4 Å². The van der Waals surface area contributed by atoms with Crippen molar-refractivity contribution in [2.75, 3.05) is 25.5 Å². The Hall–Kier alpha value is -2.56. The van der Waals surface area contributed by atoms with Gasteiger partial charge in [-0.25, -0.2) is 0 Å². The normalized spacial score (nSPS) is 12.2. The number of para-hydroxylation sites is 1. The number of fused-ring (bicyclic) bond motifs is 1. The average Bonchev–Trinajstić information content (AvgIpc) is 3.23. The largest absolute Gasteiger partial charge is 0.497 e. The first kappa shape index (κ1) is 21.2. The van der Waals surface area contributed by atoms with E-state index in [2.05, 4.69) is 57.7 Å². The topological polar surface area (TPSA) is 37.4 Å². The number of rotatable bonds is 8. The van der Waals surface area contributed by atoms with Gasteiger partial charge >= 0.3 is 0 Å². The third-order valence-electron chi connectivity index (χ3n) is 5.30. The fraction of sp³-hybridized carbons (Fsp3) is 0.292. The first-order valence-corrected chi connectivity index (χ1v) is 9.91. The van der Waals surface area contributed by atoms with Gasteiger partial charge in [0.15, 0.2) is 0 Å². The molecular weight excluding hydrogens is 382 g/mol. The molecule has 0 saturated carbocycles. The maximum Gasteiger partial charge on any atom is 0.118 e. The van der Waals surface area contributed by atoms with E-state index in [1.807, 2.05) is 24.4 Å². The van der Waals surface area contributed by atoms with Gasteiger partial charge in [-0.15, -0.1) is 12.4 Å². The molecular formula is C24H28ClN3O. The molecule has 0 radical (unpaired) electrons. The van der Waals surface area contributed by atoms with E-state index in [0.717, 1.165) is 50.5 Å². The predicted molar refractivity (Wildman–Crippen MR) is 121 cm³/mol. The Labute approximate surface area is 179 Å². The van der Waals surface area contributed by atoms with Crippen LogP contribution < -0.4 is 10.1 Å². The number of aromatic nitrogens is 1. The maximum atomic E-state index is 5.30. The second-order valence-corrected chi connectivity index (χ2v) is 7.26. The van der Waals surface area contributed by atoms with Crippen LogP contribution in [0.2, 0.25) is 0 Å². The van der Waals surface area contributed by atoms with Crippen molar-refractivity contribution in [1.82, 2.24) is 9.88 Å². The summed E-state index contributed by atoms with van der Waals surface area (Å²) in [4.78, 5) is 7.00. The lowest BCUT2D eigenvalue weighted by molar-refractivity contribution is 0.259. The van der Waals surface area contributed by atoms with E-state index in [1.54, 1.807) is 7.11 Å². The number of halogens is 1. The summed E-state index contributed by atoms with van der Waals surface area (Å²) in [5.74, 6) is 0.897. The zero-order valence-corrected chi connectivity index (χ0v) is 17.6. The van der Waals surface area contributed by atoms with Crippen molar-refractivity contribution in [2.45, 2.75) is 25.9 Å². The van der Waals surface area contributed by atoms with Crippen molar-refractivity contribution in [3.63, 3.8) is 0 Å². The number of hydrogen-bond acceptors (Lipinski definition) is 4. The SMILES string of the molecule is COc1ccc(CN(CCc2ccccn2)Cc2cccc3c2NCC3)cc1.Cl. The molecule has 2 aromatic carbocycles. The fourth-order valence-corrected chi connectivity index (χ4v) is 3.81. The lowest BCUT2D eigenvalue weighted by Crippen LogP contribution is -2.26. The highest BCUT2D eigenvalue weighted by Crippen LogP contribution is 2.28. The van der Waals surface area contributed by atoms with Gasteiger partial charge in [-0.05, 0) is 47.4 Å². The van der Waals surface area contributed by atoms with E-state index in [1.165, 1.54) is 22.4 Å². The van der Waals surface area contributed by atoms with Crippen molar-refractivity contribution in [3.05, 3.63) is 89.2 Å². The monoisotopic (exact) mass is 409 g/mol. The first-order valence-electron chi connectivity index (χ1n) is 9.91. The summed E-state index contributed by atoms with van der Waals surface area (Å²) < 4.78 is 5.30. The van der Waals surface area contributed by atoms with Gasteiger partial charge in [-0.1, -0.05) is 36.4 Å².